The smallest absolute Gasteiger partial charge is 0.169 e. The van der Waals surface area contributed by atoms with Gasteiger partial charge in [-0.3, -0.25) is 0 Å². The molecule has 0 saturated carbocycles. The third-order valence-electron chi connectivity index (χ3n) is 12.7. The Morgan fingerprint density at radius 1 is 0.310 bits per heavy atom. The predicted octanol–water partition coefficient (Wildman–Crippen LogP) is 14.7. The van der Waals surface area contributed by atoms with Gasteiger partial charge >= 0.3 is 0 Å². The maximum Gasteiger partial charge on any atom is 0.169 e. The van der Waals surface area contributed by atoms with Crippen LogP contribution in [-0.2, 0) is 0 Å². The van der Waals surface area contributed by atoms with Gasteiger partial charge in [-0.15, -0.1) is 0 Å². The number of phenolic OH excluding ortho intramolecular Hbond substituents is 3. The number of benzene rings is 12. The number of hydrogen-bond acceptors (Lipinski definition) is 4. The Bertz CT molecular complexity index is 3860. The predicted molar refractivity (Wildman–Crippen MR) is 240 cm³/mol. The van der Waals surface area contributed by atoms with Crippen LogP contribution in [0.2, 0.25) is 0 Å². The maximum absolute atomic E-state index is 13.0. The van der Waals surface area contributed by atoms with Gasteiger partial charge in [0.15, 0.2) is 11.5 Å². The highest BCUT2D eigenvalue weighted by molar-refractivity contribution is 6.28. The van der Waals surface area contributed by atoms with Gasteiger partial charge in [-0.05, 0) is 105 Å². The summed E-state index contributed by atoms with van der Waals surface area (Å²) < 4.78 is 6.48. The molecular formula is C54H30O4. The Hall–Kier alpha value is -7.82. The quantitative estimate of drug-likeness (QED) is 0.0957. The molecule has 0 aliphatic rings. The van der Waals surface area contributed by atoms with Gasteiger partial charge in [0.2, 0.25) is 0 Å². The van der Waals surface area contributed by atoms with E-state index in [9.17, 15) is 15.3 Å². The molecule has 4 nitrogen and oxygen atoms in total. The molecule has 270 valence electrons. The number of aromatic hydroxyl groups is 3. The summed E-state index contributed by atoms with van der Waals surface area (Å²) in [6.07, 6.45) is 0. The minimum Gasteiger partial charge on any atom is -0.506 e. The zero-order valence-corrected chi connectivity index (χ0v) is 30.8. The highest BCUT2D eigenvalue weighted by atomic mass is 16.3. The monoisotopic (exact) mass is 742 g/mol. The third-order valence-corrected chi connectivity index (χ3v) is 12.7. The van der Waals surface area contributed by atoms with E-state index >= 15 is 0 Å². The lowest BCUT2D eigenvalue weighted by molar-refractivity contribution is 0.401. The van der Waals surface area contributed by atoms with Crippen molar-refractivity contribution in [2.24, 2.45) is 0 Å². The molecule has 0 aliphatic heterocycles. The summed E-state index contributed by atoms with van der Waals surface area (Å²) in [5, 5.41) is 54.6. The molecule has 1 heterocycles. The van der Waals surface area contributed by atoms with Gasteiger partial charge in [-0.25, -0.2) is 0 Å². The van der Waals surface area contributed by atoms with E-state index in [0.29, 0.717) is 27.8 Å². The van der Waals surface area contributed by atoms with Crippen LogP contribution in [0.25, 0.3) is 131 Å². The third kappa shape index (κ3) is 4.03. The zero-order chi connectivity index (χ0) is 38.4. The van der Waals surface area contributed by atoms with E-state index in [1.807, 2.05) is 48.5 Å². The number of rotatable bonds is 3. The summed E-state index contributed by atoms with van der Waals surface area (Å²) in [5.41, 5.74) is 4.46. The topological polar surface area (TPSA) is 73.8 Å². The lowest BCUT2D eigenvalue weighted by Crippen LogP contribution is -1.95. The minimum absolute atomic E-state index is 0.112. The molecule has 0 amide bonds. The highest BCUT2D eigenvalue weighted by Crippen LogP contribution is 2.58. The highest BCUT2D eigenvalue weighted by Gasteiger charge is 2.30. The molecule has 0 saturated heterocycles. The first-order valence-electron chi connectivity index (χ1n) is 19.5. The van der Waals surface area contributed by atoms with E-state index in [1.54, 1.807) is 0 Å². The van der Waals surface area contributed by atoms with Crippen LogP contribution in [0, 0.1) is 0 Å². The van der Waals surface area contributed by atoms with Crippen molar-refractivity contribution < 1.29 is 19.7 Å². The Kier molecular flexibility index (Phi) is 6.04. The summed E-state index contributed by atoms with van der Waals surface area (Å²) in [6, 6.07) is 55.8. The number of phenols is 3. The molecule has 4 heteroatoms. The molecule has 0 atom stereocenters. The zero-order valence-electron chi connectivity index (χ0n) is 30.8. The van der Waals surface area contributed by atoms with Crippen LogP contribution in [0.15, 0.2) is 168 Å². The van der Waals surface area contributed by atoms with Crippen LogP contribution in [0.3, 0.4) is 0 Å². The van der Waals surface area contributed by atoms with Gasteiger partial charge in [0.05, 0.1) is 5.56 Å². The van der Waals surface area contributed by atoms with Gasteiger partial charge in [0, 0.05) is 27.3 Å². The average molecular weight is 743 g/mol. The van der Waals surface area contributed by atoms with Gasteiger partial charge in [0.25, 0.3) is 0 Å². The average Bonchev–Trinajstić information content (AvgIpc) is 3.65. The van der Waals surface area contributed by atoms with E-state index < -0.39 is 0 Å². The van der Waals surface area contributed by atoms with Gasteiger partial charge in [0.1, 0.15) is 16.9 Å². The SMILES string of the molecule is Oc1c(O)c(-c2ccc3oc4c5ccccc5ccc4c3c2)c(-c2ccc3ccc4cccc5ccc2c3c45)c(O)c1-c1ccc2ccc3cccc4ccc1c2c34. The second-order valence-corrected chi connectivity index (χ2v) is 15.6. The van der Waals surface area contributed by atoms with Gasteiger partial charge in [-0.1, -0.05) is 146 Å². The number of fused-ring (bicyclic) bond motifs is 5. The lowest BCUT2D eigenvalue weighted by atomic mass is 9.83. The summed E-state index contributed by atoms with van der Waals surface area (Å²) in [5.74, 6) is -0.803. The first-order valence-corrected chi connectivity index (χ1v) is 19.5. The molecule has 13 rings (SSSR count). The fourth-order valence-corrected chi connectivity index (χ4v) is 10.1. The summed E-state index contributed by atoms with van der Waals surface area (Å²) in [7, 11) is 0. The van der Waals surface area contributed by atoms with Crippen molar-refractivity contribution in [3.63, 3.8) is 0 Å². The standard InChI is InChI=1S/C54H30O4/c55-51-49(39-23-18-33-13-11-29-6-3-8-31-16-21-37(39)46(33)44(29)31)48(35-20-26-43-42(27-35)41-25-15-28-5-1-2-10-36(28)54(41)58-43)52(56)53(57)50(51)40-24-19-34-14-12-30-7-4-9-32-17-22-38(40)47(34)45(30)32/h1-27,55-57H. The second kappa shape index (κ2) is 11.2. The van der Waals surface area contributed by atoms with Crippen molar-refractivity contribution in [3.05, 3.63) is 164 Å². The van der Waals surface area contributed by atoms with Crippen molar-refractivity contribution in [1.82, 2.24) is 0 Å². The van der Waals surface area contributed by atoms with Crippen molar-refractivity contribution in [2.45, 2.75) is 0 Å². The van der Waals surface area contributed by atoms with Crippen molar-refractivity contribution in [3.8, 4) is 50.6 Å². The van der Waals surface area contributed by atoms with Crippen molar-refractivity contribution in [1.29, 1.82) is 0 Å². The van der Waals surface area contributed by atoms with Gasteiger partial charge < -0.3 is 19.7 Å². The lowest BCUT2D eigenvalue weighted by Gasteiger charge is -2.22. The molecular weight excluding hydrogens is 713 g/mol. The summed E-state index contributed by atoms with van der Waals surface area (Å²) in [6.45, 7) is 0. The second-order valence-electron chi connectivity index (χ2n) is 15.6. The molecule has 58 heavy (non-hydrogen) atoms. The molecule has 1 aromatic heterocycles. The largest absolute Gasteiger partial charge is 0.506 e. The molecule has 0 spiro atoms. The minimum atomic E-state index is -0.382. The van der Waals surface area contributed by atoms with E-state index in [-0.39, 0.29) is 22.8 Å². The molecule has 13 aromatic rings. The van der Waals surface area contributed by atoms with Crippen LogP contribution in [0.5, 0.6) is 17.2 Å². The Balaban J connectivity index is 1.16. The van der Waals surface area contributed by atoms with Crippen LogP contribution in [0.4, 0.5) is 0 Å². The molecule has 0 bridgehead atoms. The Morgan fingerprint density at radius 3 is 1.43 bits per heavy atom. The van der Waals surface area contributed by atoms with E-state index in [1.165, 1.54) is 0 Å². The van der Waals surface area contributed by atoms with Crippen LogP contribution < -0.4 is 0 Å². The number of furan rings is 1. The van der Waals surface area contributed by atoms with Crippen molar-refractivity contribution >= 4 is 97.3 Å². The fourth-order valence-electron chi connectivity index (χ4n) is 10.1. The maximum atomic E-state index is 13.0. The summed E-state index contributed by atoms with van der Waals surface area (Å²) in [4.78, 5) is 0. The molecule has 12 aromatic carbocycles. The first-order chi connectivity index (χ1) is 28.5. The molecule has 0 radical (unpaired) electrons. The van der Waals surface area contributed by atoms with Crippen LogP contribution in [-0.4, -0.2) is 15.3 Å². The molecule has 0 aliphatic carbocycles. The fraction of sp³-hybridized carbons (Fsp3) is 0. The van der Waals surface area contributed by atoms with E-state index in [0.717, 1.165) is 97.3 Å². The normalized spacial score (nSPS) is 12.3. The van der Waals surface area contributed by atoms with E-state index in [2.05, 4.69) is 115 Å². The Labute approximate surface area is 330 Å². The van der Waals surface area contributed by atoms with Gasteiger partial charge in [-0.2, -0.15) is 0 Å². The molecule has 0 fully saturated rings. The number of hydrogen-bond donors (Lipinski definition) is 3. The molecule has 3 N–H and O–H groups in total. The van der Waals surface area contributed by atoms with E-state index in [4.69, 9.17) is 4.42 Å². The van der Waals surface area contributed by atoms with Crippen molar-refractivity contribution in [2.75, 3.05) is 0 Å². The summed E-state index contributed by atoms with van der Waals surface area (Å²) >= 11 is 0. The van der Waals surface area contributed by atoms with Crippen LogP contribution >= 0.6 is 0 Å². The Morgan fingerprint density at radius 2 is 0.793 bits per heavy atom. The van der Waals surface area contributed by atoms with Crippen LogP contribution in [0.1, 0.15) is 0 Å². The molecule has 0 unspecified atom stereocenters. The first kappa shape index (κ1) is 31.4.